The summed E-state index contributed by atoms with van der Waals surface area (Å²) >= 11 is 0. The second kappa shape index (κ2) is 17.0. The van der Waals surface area contributed by atoms with Gasteiger partial charge in [-0.2, -0.15) is 0 Å². The molecular formula is C23H39BrN2O. The monoisotopic (exact) mass is 438 g/mol. The number of aryl methyl sites for hydroxylation is 1. The molecule has 0 radical (unpaired) electrons. The number of rotatable bonds is 15. The summed E-state index contributed by atoms with van der Waals surface area (Å²) in [5.74, 6) is -0.0342. The molecule has 0 bridgehead atoms. The molecule has 154 valence electrons. The van der Waals surface area contributed by atoms with E-state index >= 15 is 0 Å². The van der Waals surface area contributed by atoms with Crippen molar-refractivity contribution in [2.45, 2.75) is 70.3 Å². The van der Waals surface area contributed by atoms with E-state index in [1.807, 2.05) is 0 Å². The van der Waals surface area contributed by atoms with Crippen molar-refractivity contribution in [2.24, 2.45) is 0 Å². The first-order valence-electron chi connectivity index (χ1n) is 10.4. The van der Waals surface area contributed by atoms with E-state index in [-0.39, 0.29) is 22.9 Å². The normalized spacial score (nSPS) is 11.7. The first kappa shape index (κ1) is 25.9. The lowest BCUT2D eigenvalue weighted by molar-refractivity contribution is -0.858. The molecule has 0 aromatic heterocycles. The zero-order valence-corrected chi connectivity index (χ0v) is 18.9. The topological polar surface area (TPSA) is 33.5 Å². The molecule has 3 nitrogen and oxygen atoms in total. The molecule has 0 heterocycles. The Kier molecular flexibility index (Phi) is 16.3. The number of quaternary nitrogens is 1. The molecule has 2 N–H and O–H groups in total. The van der Waals surface area contributed by atoms with Crippen LogP contribution in [-0.4, -0.2) is 32.6 Å². The lowest BCUT2D eigenvalue weighted by Gasteiger charge is -2.18. The molecule has 1 atom stereocenters. The van der Waals surface area contributed by atoms with Crippen molar-refractivity contribution in [2.75, 3.05) is 20.6 Å². The van der Waals surface area contributed by atoms with E-state index in [1.54, 1.807) is 0 Å². The summed E-state index contributed by atoms with van der Waals surface area (Å²) in [4.78, 5) is 13.1. The zero-order valence-electron chi connectivity index (χ0n) is 17.3. The smallest absolute Gasteiger partial charge is 0.243 e. The van der Waals surface area contributed by atoms with Crippen LogP contribution in [0.2, 0.25) is 0 Å². The highest BCUT2D eigenvalue weighted by Gasteiger charge is 2.11. The number of carbonyl (C=O) groups is 1. The summed E-state index contributed by atoms with van der Waals surface area (Å²) in [7, 11) is 4.35. The minimum atomic E-state index is -0.0342. The third-order valence-corrected chi connectivity index (χ3v) is 4.87. The molecule has 0 fully saturated rings. The lowest BCUT2D eigenvalue weighted by Crippen LogP contribution is -3.05. The lowest BCUT2D eigenvalue weighted by atomic mass is 10.0. The van der Waals surface area contributed by atoms with Gasteiger partial charge < -0.3 is 27.2 Å². The molecule has 1 rings (SSSR count). The van der Waals surface area contributed by atoms with Gasteiger partial charge in [0.05, 0.1) is 20.6 Å². The van der Waals surface area contributed by atoms with Crippen LogP contribution in [0.4, 0.5) is 0 Å². The van der Waals surface area contributed by atoms with Crippen LogP contribution in [0, 0.1) is 0 Å². The fraction of sp³-hybridized carbons (Fsp3) is 0.609. The van der Waals surface area contributed by atoms with E-state index in [2.05, 4.69) is 56.3 Å². The molecule has 1 unspecified atom stereocenters. The predicted octanol–water partition coefficient (Wildman–Crippen LogP) is 0.559. The van der Waals surface area contributed by atoms with E-state index in [0.717, 1.165) is 25.8 Å². The maximum Gasteiger partial charge on any atom is 0.243 e. The molecule has 0 aliphatic carbocycles. The Morgan fingerprint density at radius 2 is 1.59 bits per heavy atom. The molecular weight excluding hydrogens is 400 g/mol. The fourth-order valence-corrected chi connectivity index (χ4v) is 3.32. The zero-order chi connectivity index (χ0) is 19.0. The predicted molar refractivity (Wildman–Crippen MR) is 112 cm³/mol. The molecule has 27 heavy (non-hydrogen) atoms. The standard InChI is InChI=1S/C23H38N2O.BrH/c1-4-23(26)24-22(19-14-20-25(2)3)18-13-8-6-5-7-10-15-21-16-11-9-12-17-21;/h4,9,11-12,16-17,22H,1,5-8,10,13-15,18-20H2,2-3H3,(H,24,26);1H. The second-order valence-corrected chi connectivity index (χ2v) is 7.65. The van der Waals surface area contributed by atoms with Gasteiger partial charge in [0.15, 0.2) is 0 Å². The van der Waals surface area contributed by atoms with Gasteiger partial charge in [0.25, 0.3) is 0 Å². The van der Waals surface area contributed by atoms with Crippen molar-refractivity contribution in [3.63, 3.8) is 0 Å². The van der Waals surface area contributed by atoms with Crippen LogP contribution in [0.25, 0.3) is 0 Å². The molecule has 0 saturated carbocycles. The van der Waals surface area contributed by atoms with Gasteiger partial charge in [-0.05, 0) is 43.7 Å². The Bertz CT molecular complexity index is 490. The average molecular weight is 439 g/mol. The van der Waals surface area contributed by atoms with Gasteiger partial charge in [0, 0.05) is 6.04 Å². The van der Waals surface area contributed by atoms with Crippen molar-refractivity contribution in [1.29, 1.82) is 0 Å². The molecule has 0 spiro atoms. The van der Waals surface area contributed by atoms with E-state index < -0.39 is 0 Å². The first-order valence-corrected chi connectivity index (χ1v) is 10.4. The fourth-order valence-electron chi connectivity index (χ4n) is 3.32. The Labute approximate surface area is 177 Å². The van der Waals surface area contributed by atoms with E-state index in [0.29, 0.717) is 6.04 Å². The maximum atomic E-state index is 11.6. The summed E-state index contributed by atoms with van der Waals surface area (Å²) in [6, 6.07) is 11.1. The molecule has 0 aliphatic heterocycles. The summed E-state index contributed by atoms with van der Waals surface area (Å²) in [6.45, 7) is 4.72. The summed E-state index contributed by atoms with van der Waals surface area (Å²) < 4.78 is 0. The Balaban J connectivity index is 0.00000676. The Morgan fingerprint density at radius 1 is 1.00 bits per heavy atom. The van der Waals surface area contributed by atoms with Crippen LogP contribution in [0.5, 0.6) is 0 Å². The number of hydrogen-bond donors (Lipinski definition) is 2. The van der Waals surface area contributed by atoms with Gasteiger partial charge in [-0.25, -0.2) is 0 Å². The highest BCUT2D eigenvalue weighted by Crippen LogP contribution is 2.13. The maximum absolute atomic E-state index is 11.6. The number of nitrogens with one attached hydrogen (secondary N) is 2. The summed E-state index contributed by atoms with van der Waals surface area (Å²) in [5.41, 5.74) is 1.45. The van der Waals surface area contributed by atoms with Crippen molar-refractivity contribution in [3.8, 4) is 0 Å². The molecule has 1 amide bonds. The summed E-state index contributed by atoms with van der Waals surface area (Å²) in [6.07, 6.45) is 13.6. The average Bonchev–Trinajstić information content (AvgIpc) is 2.64. The van der Waals surface area contributed by atoms with Crippen molar-refractivity contribution < 1.29 is 26.7 Å². The number of benzene rings is 1. The first-order chi connectivity index (χ1) is 12.6. The molecule has 0 aliphatic rings. The quantitative estimate of drug-likeness (QED) is 0.304. The van der Waals surface area contributed by atoms with Crippen molar-refractivity contribution >= 4 is 5.91 Å². The highest BCUT2D eigenvalue weighted by molar-refractivity contribution is 5.87. The van der Waals surface area contributed by atoms with Gasteiger partial charge in [-0.15, -0.1) is 0 Å². The van der Waals surface area contributed by atoms with Gasteiger partial charge in [0.1, 0.15) is 0 Å². The number of hydrogen-bond acceptors (Lipinski definition) is 1. The van der Waals surface area contributed by atoms with Gasteiger partial charge in [-0.3, -0.25) is 4.79 Å². The third-order valence-electron chi connectivity index (χ3n) is 4.87. The summed E-state index contributed by atoms with van der Waals surface area (Å²) in [5, 5.41) is 3.10. The van der Waals surface area contributed by atoms with Crippen LogP contribution in [0.1, 0.15) is 63.4 Å². The number of halogens is 1. The van der Waals surface area contributed by atoms with E-state index in [4.69, 9.17) is 0 Å². The number of carbonyl (C=O) groups excluding carboxylic acids is 1. The van der Waals surface area contributed by atoms with E-state index in [9.17, 15) is 4.79 Å². The van der Waals surface area contributed by atoms with Crippen LogP contribution in [-0.2, 0) is 11.2 Å². The molecule has 0 saturated heterocycles. The van der Waals surface area contributed by atoms with Gasteiger partial charge >= 0.3 is 0 Å². The molecule has 1 aromatic carbocycles. The minimum Gasteiger partial charge on any atom is -1.00 e. The third kappa shape index (κ3) is 14.6. The van der Waals surface area contributed by atoms with E-state index in [1.165, 1.54) is 61.5 Å². The molecule has 1 aromatic rings. The van der Waals surface area contributed by atoms with Crippen LogP contribution in [0.15, 0.2) is 43.0 Å². The van der Waals surface area contributed by atoms with Gasteiger partial charge in [0.2, 0.25) is 5.91 Å². The van der Waals surface area contributed by atoms with Crippen LogP contribution >= 0.6 is 0 Å². The number of amides is 1. The SMILES string of the molecule is C=CC(=O)NC(CCCCCCCCc1ccccc1)CCC[NH+](C)C.[Br-]. The highest BCUT2D eigenvalue weighted by atomic mass is 79.9. The second-order valence-electron chi connectivity index (χ2n) is 7.65. The number of unbranched alkanes of at least 4 members (excludes halogenated alkanes) is 5. The Morgan fingerprint density at radius 3 is 2.22 bits per heavy atom. The van der Waals surface area contributed by atoms with Crippen molar-refractivity contribution in [1.82, 2.24) is 5.32 Å². The Hall–Kier alpha value is -1.13. The van der Waals surface area contributed by atoms with Crippen molar-refractivity contribution in [3.05, 3.63) is 48.6 Å². The van der Waals surface area contributed by atoms with Crippen LogP contribution in [0.3, 0.4) is 0 Å². The van der Waals surface area contributed by atoms with Gasteiger partial charge in [-0.1, -0.05) is 69.0 Å². The largest absolute Gasteiger partial charge is 1.00 e. The minimum absolute atomic E-state index is 0. The van der Waals surface area contributed by atoms with Crippen LogP contribution < -0.4 is 27.2 Å². The molecule has 4 heteroatoms.